The number of para-hydroxylation sites is 2. The average Bonchev–Trinajstić information content (AvgIpc) is 3.31. The number of amides is 2. The standard InChI is InChI=1S/C23H17ClN4O2S/c24-15-9-11-16(12-10-15)28-22(30)14-31-23(28)26-25-21(29)13-27-19-7-3-1-5-17(19)18-6-2-4-8-20(18)27/h1-12H,13-14H2,(H,25,29)/b26-23+. The van der Waals surface area contributed by atoms with Gasteiger partial charge < -0.3 is 4.57 Å². The zero-order chi connectivity index (χ0) is 21.4. The number of hydrogen-bond donors (Lipinski definition) is 1. The topological polar surface area (TPSA) is 66.7 Å². The fraction of sp³-hybridized carbons (Fsp3) is 0.0870. The Morgan fingerprint density at radius 2 is 1.58 bits per heavy atom. The van der Waals surface area contributed by atoms with E-state index in [9.17, 15) is 9.59 Å². The number of nitrogens with one attached hydrogen (secondary N) is 1. The first-order valence-electron chi connectivity index (χ1n) is 9.65. The normalized spacial score (nSPS) is 15.3. The van der Waals surface area contributed by atoms with Crippen LogP contribution in [0.2, 0.25) is 5.02 Å². The quantitative estimate of drug-likeness (QED) is 0.463. The van der Waals surface area contributed by atoms with Gasteiger partial charge in [0.15, 0.2) is 5.17 Å². The largest absolute Gasteiger partial charge is 0.331 e. The van der Waals surface area contributed by atoms with Crippen LogP contribution in [0.25, 0.3) is 21.8 Å². The fourth-order valence-corrected chi connectivity index (χ4v) is 4.71. The number of thioether (sulfide) groups is 1. The van der Waals surface area contributed by atoms with Crippen molar-refractivity contribution in [1.29, 1.82) is 0 Å². The van der Waals surface area contributed by atoms with Gasteiger partial charge in [0.05, 0.1) is 11.4 Å². The third-order valence-electron chi connectivity index (χ3n) is 5.11. The third kappa shape index (κ3) is 3.66. The van der Waals surface area contributed by atoms with Gasteiger partial charge in [-0.15, -0.1) is 5.10 Å². The SMILES string of the molecule is O=C(Cn1c2ccccc2c2ccccc21)N/N=C1/SCC(=O)N1c1ccc(Cl)cc1. The molecule has 0 aliphatic carbocycles. The molecule has 0 unspecified atom stereocenters. The Balaban J connectivity index is 1.40. The van der Waals surface area contributed by atoms with E-state index >= 15 is 0 Å². The molecule has 0 bridgehead atoms. The van der Waals surface area contributed by atoms with Gasteiger partial charge in [-0.05, 0) is 36.4 Å². The number of benzene rings is 3. The Morgan fingerprint density at radius 3 is 2.23 bits per heavy atom. The first-order chi connectivity index (χ1) is 15.1. The summed E-state index contributed by atoms with van der Waals surface area (Å²) < 4.78 is 1.98. The van der Waals surface area contributed by atoms with E-state index in [0.29, 0.717) is 15.9 Å². The van der Waals surface area contributed by atoms with E-state index < -0.39 is 0 Å². The van der Waals surface area contributed by atoms with Gasteiger partial charge >= 0.3 is 0 Å². The van der Waals surface area contributed by atoms with E-state index in [0.717, 1.165) is 21.8 Å². The highest BCUT2D eigenvalue weighted by atomic mass is 35.5. The molecule has 1 fully saturated rings. The molecule has 0 spiro atoms. The Kier molecular flexibility index (Phi) is 5.13. The van der Waals surface area contributed by atoms with Gasteiger partial charge in [0.1, 0.15) is 6.54 Å². The van der Waals surface area contributed by atoms with Gasteiger partial charge in [-0.3, -0.25) is 14.5 Å². The molecule has 0 radical (unpaired) electrons. The number of amidine groups is 1. The van der Waals surface area contributed by atoms with E-state index in [2.05, 4.69) is 22.7 Å². The molecule has 31 heavy (non-hydrogen) atoms. The second-order valence-corrected chi connectivity index (χ2v) is 8.42. The minimum Gasteiger partial charge on any atom is -0.331 e. The third-order valence-corrected chi connectivity index (χ3v) is 6.28. The zero-order valence-electron chi connectivity index (χ0n) is 16.3. The Labute approximate surface area is 187 Å². The van der Waals surface area contributed by atoms with Gasteiger partial charge in [-0.25, -0.2) is 5.43 Å². The lowest BCUT2D eigenvalue weighted by molar-refractivity contribution is -0.121. The van der Waals surface area contributed by atoms with Crippen molar-refractivity contribution in [2.75, 3.05) is 10.7 Å². The molecular weight excluding hydrogens is 432 g/mol. The van der Waals surface area contributed by atoms with Crippen LogP contribution in [-0.4, -0.2) is 27.3 Å². The molecule has 4 aromatic rings. The summed E-state index contributed by atoms with van der Waals surface area (Å²) in [5.74, 6) is -0.0952. The number of halogens is 1. The summed E-state index contributed by atoms with van der Waals surface area (Å²) >= 11 is 7.23. The van der Waals surface area contributed by atoms with Crippen LogP contribution in [0.5, 0.6) is 0 Å². The first-order valence-corrected chi connectivity index (χ1v) is 11.0. The Bertz CT molecular complexity index is 1290. The summed E-state index contributed by atoms with van der Waals surface area (Å²) in [6.07, 6.45) is 0. The lowest BCUT2D eigenvalue weighted by Gasteiger charge is -2.16. The Morgan fingerprint density at radius 1 is 0.968 bits per heavy atom. The molecule has 1 aliphatic heterocycles. The number of carbonyl (C=O) groups is 2. The second-order valence-electron chi connectivity index (χ2n) is 7.04. The van der Waals surface area contributed by atoms with Crippen molar-refractivity contribution in [1.82, 2.24) is 9.99 Å². The van der Waals surface area contributed by atoms with Crippen LogP contribution in [0.3, 0.4) is 0 Å². The van der Waals surface area contributed by atoms with Crippen LogP contribution in [0.15, 0.2) is 77.9 Å². The van der Waals surface area contributed by atoms with Crippen molar-refractivity contribution >= 4 is 67.8 Å². The number of anilines is 1. The molecule has 8 heteroatoms. The van der Waals surface area contributed by atoms with Gasteiger partial charge in [-0.2, -0.15) is 0 Å². The maximum atomic E-state index is 12.8. The van der Waals surface area contributed by atoms with E-state index in [1.807, 2.05) is 41.0 Å². The molecule has 154 valence electrons. The van der Waals surface area contributed by atoms with E-state index in [4.69, 9.17) is 11.6 Å². The lowest BCUT2D eigenvalue weighted by atomic mass is 10.2. The molecule has 1 aromatic heterocycles. The zero-order valence-corrected chi connectivity index (χ0v) is 17.9. The predicted molar refractivity (Wildman–Crippen MR) is 126 cm³/mol. The molecule has 0 atom stereocenters. The van der Waals surface area contributed by atoms with Crippen molar-refractivity contribution in [2.24, 2.45) is 5.10 Å². The van der Waals surface area contributed by atoms with Crippen LogP contribution in [0.4, 0.5) is 5.69 Å². The highest BCUT2D eigenvalue weighted by Crippen LogP contribution is 2.29. The highest BCUT2D eigenvalue weighted by Gasteiger charge is 2.30. The molecule has 6 nitrogen and oxygen atoms in total. The minimum atomic E-state index is -0.269. The molecule has 2 amide bonds. The first kappa shape index (κ1) is 19.7. The number of carbonyl (C=O) groups excluding carboxylic acids is 2. The average molecular weight is 449 g/mol. The summed E-state index contributed by atoms with van der Waals surface area (Å²) in [6.45, 7) is 0.115. The summed E-state index contributed by atoms with van der Waals surface area (Å²) in [5.41, 5.74) is 5.24. The smallest absolute Gasteiger partial charge is 0.260 e. The number of hydrazone groups is 1. The lowest BCUT2D eigenvalue weighted by Crippen LogP contribution is -2.32. The predicted octanol–water partition coefficient (Wildman–Crippen LogP) is 4.62. The van der Waals surface area contributed by atoms with Gasteiger partial charge in [-0.1, -0.05) is 59.8 Å². The van der Waals surface area contributed by atoms with Crippen molar-refractivity contribution in [3.8, 4) is 0 Å². The summed E-state index contributed by atoms with van der Waals surface area (Å²) in [4.78, 5) is 26.6. The summed E-state index contributed by atoms with van der Waals surface area (Å²) in [5, 5.41) is 7.45. The van der Waals surface area contributed by atoms with Crippen LogP contribution in [-0.2, 0) is 16.1 Å². The minimum absolute atomic E-state index is 0.0947. The number of fused-ring (bicyclic) bond motifs is 3. The molecule has 1 saturated heterocycles. The molecule has 1 N–H and O–H groups in total. The highest BCUT2D eigenvalue weighted by molar-refractivity contribution is 8.15. The fourth-order valence-electron chi connectivity index (χ4n) is 3.75. The van der Waals surface area contributed by atoms with Crippen LogP contribution < -0.4 is 10.3 Å². The molecule has 5 rings (SSSR count). The number of rotatable bonds is 4. The van der Waals surface area contributed by atoms with Crippen LogP contribution in [0.1, 0.15) is 0 Å². The maximum absolute atomic E-state index is 12.8. The summed E-state index contributed by atoms with van der Waals surface area (Å²) in [7, 11) is 0. The molecular formula is C23H17ClN4O2S. The molecule has 1 aliphatic rings. The number of nitrogens with zero attached hydrogens (tertiary/aromatic N) is 3. The Hall–Kier alpha value is -3.29. The number of aromatic nitrogens is 1. The van der Waals surface area contributed by atoms with Crippen LogP contribution >= 0.6 is 23.4 Å². The van der Waals surface area contributed by atoms with Gasteiger partial charge in [0.2, 0.25) is 5.91 Å². The van der Waals surface area contributed by atoms with Crippen molar-refractivity contribution in [2.45, 2.75) is 6.54 Å². The maximum Gasteiger partial charge on any atom is 0.260 e. The van der Waals surface area contributed by atoms with E-state index in [1.54, 1.807) is 24.3 Å². The molecule has 3 aromatic carbocycles. The van der Waals surface area contributed by atoms with Crippen LogP contribution in [0, 0.1) is 0 Å². The van der Waals surface area contributed by atoms with E-state index in [1.165, 1.54) is 16.7 Å². The number of hydrogen-bond acceptors (Lipinski definition) is 4. The monoisotopic (exact) mass is 448 g/mol. The molecule has 0 saturated carbocycles. The molecule has 2 heterocycles. The van der Waals surface area contributed by atoms with Crippen molar-refractivity contribution in [3.63, 3.8) is 0 Å². The van der Waals surface area contributed by atoms with E-state index in [-0.39, 0.29) is 24.1 Å². The van der Waals surface area contributed by atoms with Gasteiger partial charge in [0, 0.05) is 26.8 Å². The van der Waals surface area contributed by atoms with Gasteiger partial charge in [0.25, 0.3) is 5.91 Å². The van der Waals surface area contributed by atoms with Crippen molar-refractivity contribution in [3.05, 3.63) is 77.8 Å². The summed E-state index contributed by atoms with van der Waals surface area (Å²) in [6, 6.07) is 22.9. The second kappa shape index (κ2) is 8.09. The van der Waals surface area contributed by atoms with Crippen molar-refractivity contribution < 1.29 is 9.59 Å².